The van der Waals surface area contributed by atoms with Crippen LogP contribution in [-0.2, 0) is 16.1 Å². The van der Waals surface area contributed by atoms with E-state index in [1.807, 2.05) is 17.0 Å². The summed E-state index contributed by atoms with van der Waals surface area (Å²) in [5, 5.41) is 0. The second-order valence-corrected chi connectivity index (χ2v) is 6.99. The number of nitrogens with zero attached hydrogens (tertiary/aromatic N) is 3. The molecule has 1 amide bonds. The molecule has 0 unspecified atom stereocenters. The van der Waals surface area contributed by atoms with Crippen molar-refractivity contribution in [2.75, 3.05) is 26.3 Å². The summed E-state index contributed by atoms with van der Waals surface area (Å²) in [6, 6.07) is 7.45. The zero-order valence-corrected chi connectivity index (χ0v) is 14.7. The summed E-state index contributed by atoms with van der Waals surface area (Å²) in [7, 11) is 0. The van der Waals surface area contributed by atoms with Gasteiger partial charge in [0.05, 0.1) is 19.7 Å². The highest BCUT2D eigenvalue weighted by Gasteiger charge is 2.54. The first kappa shape index (κ1) is 17.1. The normalized spacial score (nSPS) is 20.9. The van der Waals surface area contributed by atoms with Gasteiger partial charge in [-0.05, 0) is 48.6 Å². The number of likely N-dealkylation sites (tertiary alicyclic amines) is 1. The minimum Gasteiger partial charge on any atom is -0.377 e. The Bertz CT molecular complexity index is 732. The fourth-order valence-electron chi connectivity index (χ4n) is 3.86. The zero-order valence-electron chi connectivity index (χ0n) is 14.7. The molecule has 2 aromatic rings. The van der Waals surface area contributed by atoms with Crippen LogP contribution in [0, 0.1) is 5.92 Å². The molecule has 6 nitrogen and oxygen atoms in total. The number of carbonyl (C=O) groups excluding carboxylic acids is 1. The van der Waals surface area contributed by atoms with Crippen LogP contribution in [0.15, 0.2) is 49.1 Å². The minimum atomic E-state index is -0.178. The molecule has 0 aromatic carbocycles. The Morgan fingerprint density at radius 3 is 2.58 bits per heavy atom. The topological polar surface area (TPSA) is 64.6 Å². The molecule has 136 valence electrons. The molecule has 2 saturated heterocycles. The largest absolute Gasteiger partial charge is 0.377 e. The predicted molar refractivity (Wildman–Crippen MR) is 95.4 cm³/mol. The number of ether oxygens (including phenoxy) is 2. The van der Waals surface area contributed by atoms with Crippen molar-refractivity contribution < 1.29 is 14.3 Å². The molecule has 4 rings (SSSR count). The highest BCUT2D eigenvalue weighted by Crippen LogP contribution is 2.42. The van der Waals surface area contributed by atoms with Gasteiger partial charge in [0, 0.05) is 43.6 Å². The average Bonchev–Trinajstić information content (AvgIpc) is 3.09. The number of rotatable bonds is 6. The van der Waals surface area contributed by atoms with Crippen LogP contribution >= 0.6 is 0 Å². The maximum absolute atomic E-state index is 12.5. The van der Waals surface area contributed by atoms with Crippen molar-refractivity contribution in [2.45, 2.75) is 25.0 Å². The van der Waals surface area contributed by atoms with Crippen molar-refractivity contribution in [1.29, 1.82) is 0 Å². The zero-order chi connectivity index (χ0) is 17.8. The molecule has 6 heteroatoms. The van der Waals surface area contributed by atoms with Crippen LogP contribution in [0.25, 0.3) is 0 Å². The molecule has 2 aliphatic heterocycles. The summed E-state index contributed by atoms with van der Waals surface area (Å²) in [4.78, 5) is 22.3. The molecular formula is C20H23N3O3. The Balaban J connectivity index is 1.26. The fraction of sp³-hybridized carbons (Fsp3) is 0.450. The van der Waals surface area contributed by atoms with E-state index < -0.39 is 0 Å². The number of hydrogen-bond acceptors (Lipinski definition) is 5. The van der Waals surface area contributed by atoms with Crippen molar-refractivity contribution in [3.63, 3.8) is 0 Å². The summed E-state index contributed by atoms with van der Waals surface area (Å²) >= 11 is 0. The van der Waals surface area contributed by atoms with Crippen molar-refractivity contribution in [3.8, 4) is 0 Å². The van der Waals surface area contributed by atoms with Gasteiger partial charge in [0.25, 0.3) is 5.91 Å². The van der Waals surface area contributed by atoms with Gasteiger partial charge >= 0.3 is 0 Å². The van der Waals surface area contributed by atoms with Gasteiger partial charge in [-0.3, -0.25) is 14.8 Å². The first-order valence-corrected chi connectivity index (χ1v) is 9.07. The fourth-order valence-corrected chi connectivity index (χ4v) is 3.86. The van der Waals surface area contributed by atoms with Gasteiger partial charge in [-0.25, -0.2) is 0 Å². The Hall–Kier alpha value is -2.31. The summed E-state index contributed by atoms with van der Waals surface area (Å²) in [6.07, 6.45) is 8.86. The van der Waals surface area contributed by atoms with E-state index in [4.69, 9.17) is 9.47 Å². The lowest BCUT2D eigenvalue weighted by Crippen LogP contribution is -2.66. The second kappa shape index (κ2) is 7.51. The standard InChI is InChI=1S/C20H23N3O3/c24-19(17-3-9-22-10-4-17)23-14-20(15-23)18(6-12-26-20)5-11-25-13-16-1-7-21-8-2-16/h1-4,7-10,18H,5-6,11-15H2/t18-/m1/s1. The summed E-state index contributed by atoms with van der Waals surface area (Å²) in [6.45, 7) is 3.42. The van der Waals surface area contributed by atoms with Crippen LogP contribution < -0.4 is 0 Å². The van der Waals surface area contributed by atoms with E-state index in [-0.39, 0.29) is 11.5 Å². The van der Waals surface area contributed by atoms with Gasteiger partial charge in [0.2, 0.25) is 0 Å². The lowest BCUT2D eigenvalue weighted by atomic mass is 9.79. The van der Waals surface area contributed by atoms with Crippen molar-refractivity contribution in [1.82, 2.24) is 14.9 Å². The van der Waals surface area contributed by atoms with E-state index in [2.05, 4.69) is 9.97 Å². The van der Waals surface area contributed by atoms with E-state index in [1.165, 1.54) is 0 Å². The smallest absolute Gasteiger partial charge is 0.254 e. The van der Waals surface area contributed by atoms with E-state index in [1.54, 1.807) is 36.9 Å². The number of pyridine rings is 2. The monoisotopic (exact) mass is 353 g/mol. The van der Waals surface area contributed by atoms with Crippen molar-refractivity contribution >= 4 is 5.91 Å². The molecule has 26 heavy (non-hydrogen) atoms. The maximum atomic E-state index is 12.5. The van der Waals surface area contributed by atoms with Gasteiger partial charge in [0.1, 0.15) is 5.60 Å². The Morgan fingerprint density at radius 2 is 1.85 bits per heavy atom. The molecule has 2 aromatic heterocycles. The molecular weight excluding hydrogens is 330 g/mol. The molecule has 0 bridgehead atoms. The molecule has 2 fully saturated rings. The van der Waals surface area contributed by atoms with Crippen molar-refractivity contribution in [3.05, 3.63) is 60.2 Å². The molecule has 0 saturated carbocycles. The van der Waals surface area contributed by atoms with Crippen LogP contribution in [0.1, 0.15) is 28.8 Å². The molecule has 0 N–H and O–H groups in total. The second-order valence-electron chi connectivity index (χ2n) is 6.99. The Kier molecular flexibility index (Phi) is 4.95. The lowest BCUT2D eigenvalue weighted by Gasteiger charge is -2.50. The third kappa shape index (κ3) is 3.48. The van der Waals surface area contributed by atoms with Gasteiger partial charge in [-0.15, -0.1) is 0 Å². The third-order valence-electron chi connectivity index (χ3n) is 5.36. The Labute approximate surface area is 153 Å². The van der Waals surface area contributed by atoms with Crippen LogP contribution in [0.4, 0.5) is 0 Å². The molecule has 1 atom stereocenters. The number of aromatic nitrogens is 2. The lowest BCUT2D eigenvalue weighted by molar-refractivity contribution is -0.120. The predicted octanol–water partition coefficient (Wildman–Crippen LogP) is 2.31. The molecule has 2 aliphatic rings. The number of hydrogen-bond donors (Lipinski definition) is 0. The van der Waals surface area contributed by atoms with E-state index >= 15 is 0 Å². The van der Waals surface area contributed by atoms with Crippen LogP contribution in [0.3, 0.4) is 0 Å². The van der Waals surface area contributed by atoms with E-state index in [0.717, 1.165) is 25.0 Å². The van der Waals surface area contributed by atoms with Crippen LogP contribution in [0.2, 0.25) is 0 Å². The third-order valence-corrected chi connectivity index (χ3v) is 5.36. The highest BCUT2D eigenvalue weighted by molar-refractivity contribution is 5.94. The minimum absolute atomic E-state index is 0.0567. The van der Waals surface area contributed by atoms with Gasteiger partial charge in [0.15, 0.2) is 0 Å². The summed E-state index contributed by atoms with van der Waals surface area (Å²) in [5.41, 5.74) is 1.64. The highest BCUT2D eigenvalue weighted by atomic mass is 16.5. The molecule has 1 spiro atoms. The van der Waals surface area contributed by atoms with E-state index in [0.29, 0.717) is 37.8 Å². The molecule has 0 radical (unpaired) electrons. The summed E-state index contributed by atoms with van der Waals surface area (Å²) < 4.78 is 11.9. The first-order valence-electron chi connectivity index (χ1n) is 9.07. The summed E-state index contributed by atoms with van der Waals surface area (Å²) in [5.74, 6) is 0.502. The van der Waals surface area contributed by atoms with Crippen molar-refractivity contribution in [2.24, 2.45) is 5.92 Å². The van der Waals surface area contributed by atoms with Gasteiger partial charge in [-0.1, -0.05) is 0 Å². The molecule has 0 aliphatic carbocycles. The van der Waals surface area contributed by atoms with E-state index in [9.17, 15) is 4.79 Å². The number of amides is 1. The quantitative estimate of drug-likeness (QED) is 0.746. The van der Waals surface area contributed by atoms with Crippen LogP contribution in [0.5, 0.6) is 0 Å². The average molecular weight is 353 g/mol. The molecule has 4 heterocycles. The van der Waals surface area contributed by atoms with Gasteiger partial charge in [-0.2, -0.15) is 0 Å². The van der Waals surface area contributed by atoms with Gasteiger partial charge < -0.3 is 14.4 Å². The SMILES string of the molecule is O=C(c1ccncc1)N1CC2(C1)OCC[C@H]2CCOCc1ccncc1. The Morgan fingerprint density at radius 1 is 1.15 bits per heavy atom. The number of carbonyl (C=O) groups is 1. The van der Waals surface area contributed by atoms with Crippen LogP contribution in [-0.4, -0.2) is 52.7 Å². The first-order chi connectivity index (χ1) is 12.8. The maximum Gasteiger partial charge on any atom is 0.254 e.